The van der Waals surface area contributed by atoms with Crippen molar-refractivity contribution in [1.29, 1.82) is 5.26 Å². The van der Waals surface area contributed by atoms with Crippen molar-refractivity contribution in [2.45, 2.75) is 30.9 Å². The maximum atomic E-state index is 8.74. The van der Waals surface area contributed by atoms with Gasteiger partial charge in [0, 0.05) is 23.2 Å². The Bertz CT molecular complexity index is 433. The van der Waals surface area contributed by atoms with Crippen molar-refractivity contribution in [3.8, 4) is 6.07 Å². The lowest BCUT2D eigenvalue weighted by atomic mass is 10.1. The maximum Gasteiger partial charge on any atom is 0.0670 e. The smallest absolute Gasteiger partial charge is 0.0670 e. The fourth-order valence-electron chi connectivity index (χ4n) is 2.15. The standard InChI is InChI=1S/C14H19N3S/c15-7-6-11-9-12(4-5-14(11)16)17-10-13-3-1-2-8-18-13/h4-5,9,13,17H,1-3,6,8,10,16H2. The minimum absolute atomic E-state index is 0.375. The summed E-state index contributed by atoms with van der Waals surface area (Å²) in [6.45, 7) is 1.00. The first-order chi connectivity index (χ1) is 8.79. The molecule has 2 rings (SSSR count). The summed E-state index contributed by atoms with van der Waals surface area (Å²) in [4.78, 5) is 0. The lowest BCUT2D eigenvalue weighted by molar-refractivity contribution is 0.677. The van der Waals surface area contributed by atoms with Gasteiger partial charge in [0.2, 0.25) is 0 Å². The van der Waals surface area contributed by atoms with Crippen molar-refractivity contribution in [1.82, 2.24) is 0 Å². The first kappa shape index (κ1) is 13.1. The van der Waals surface area contributed by atoms with Crippen LogP contribution in [-0.2, 0) is 6.42 Å². The van der Waals surface area contributed by atoms with Crippen molar-refractivity contribution >= 4 is 23.1 Å². The molecule has 18 heavy (non-hydrogen) atoms. The third-order valence-corrected chi connectivity index (χ3v) is 4.62. The SMILES string of the molecule is N#CCc1cc(NCC2CCCCS2)ccc1N. The average molecular weight is 261 g/mol. The largest absolute Gasteiger partial charge is 0.398 e. The van der Waals surface area contributed by atoms with Crippen LogP contribution in [0.25, 0.3) is 0 Å². The molecule has 0 aromatic heterocycles. The van der Waals surface area contributed by atoms with Crippen LogP contribution in [0.1, 0.15) is 24.8 Å². The van der Waals surface area contributed by atoms with Crippen molar-refractivity contribution in [3.05, 3.63) is 23.8 Å². The third-order valence-electron chi connectivity index (χ3n) is 3.22. The second-order valence-corrected chi connectivity index (χ2v) is 6.03. The lowest BCUT2D eigenvalue weighted by Crippen LogP contribution is -2.20. The number of nitriles is 1. The summed E-state index contributed by atoms with van der Waals surface area (Å²) in [6, 6.07) is 8.01. The highest BCUT2D eigenvalue weighted by Crippen LogP contribution is 2.26. The quantitative estimate of drug-likeness (QED) is 0.818. The summed E-state index contributed by atoms with van der Waals surface area (Å²) in [7, 11) is 0. The van der Waals surface area contributed by atoms with E-state index < -0.39 is 0 Å². The lowest BCUT2D eigenvalue weighted by Gasteiger charge is -2.22. The van der Waals surface area contributed by atoms with Crippen LogP contribution in [0, 0.1) is 11.3 Å². The fourth-order valence-corrected chi connectivity index (χ4v) is 3.39. The van der Waals surface area contributed by atoms with Crippen molar-refractivity contribution in [2.24, 2.45) is 0 Å². The maximum absolute atomic E-state index is 8.74. The number of hydrogen-bond donors (Lipinski definition) is 2. The predicted molar refractivity (Wildman–Crippen MR) is 78.8 cm³/mol. The topological polar surface area (TPSA) is 61.8 Å². The van der Waals surface area contributed by atoms with E-state index in [-0.39, 0.29) is 0 Å². The number of rotatable bonds is 4. The summed E-state index contributed by atoms with van der Waals surface area (Å²) in [5.74, 6) is 1.29. The monoisotopic (exact) mass is 261 g/mol. The van der Waals surface area contributed by atoms with Gasteiger partial charge in [-0.3, -0.25) is 0 Å². The van der Waals surface area contributed by atoms with Crippen LogP contribution in [0.5, 0.6) is 0 Å². The Balaban J connectivity index is 1.92. The molecular formula is C14H19N3S. The van der Waals surface area contributed by atoms with Crippen molar-refractivity contribution < 1.29 is 0 Å². The van der Waals surface area contributed by atoms with E-state index in [1.54, 1.807) is 0 Å². The van der Waals surface area contributed by atoms with Gasteiger partial charge in [-0.1, -0.05) is 6.42 Å². The molecule has 1 heterocycles. The van der Waals surface area contributed by atoms with Crippen LogP contribution in [0.15, 0.2) is 18.2 Å². The highest BCUT2D eigenvalue weighted by atomic mass is 32.2. The molecule has 1 aromatic rings. The van der Waals surface area contributed by atoms with Crippen LogP contribution in [0.2, 0.25) is 0 Å². The van der Waals surface area contributed by atoms with Gasteiger partial charge in [0.25, 0.3) is 0 Å². The fraction of sp³-hybridized carbons (Fsp3) is 0.500. The van der Waals surface area contributed by atoms with E-state index >= 15 is 0 Å². The van der Waals surface area contributed by atoms with Gasteiger partial charge in [-0.2, -0.15) is 17.0 Å². The summed E-state index contributed by atoms with van der Waals surface area (Å²) in [5.41, 5.74) is 8.52. The third kappa shape index (κ3) is 3.58. The molecule has 1 fully saturated rings. The van der Waals surface area contributed by atoms with E-state index in [1.807, 2.05) is 18.2 Å². The zero-order chi connectivity index (χ0) is 12.8. The summed E-state index contributed by atoms with van der Waals surface area (Å²) in [6.07, 6.45) is 4.38. The van der Waals surface area contributed by atoms with Gasteiger partial charge < -0.3 is 11.1 Å². The Kier molecular flexibility index (Phi) is 4.77. The number of nitrogens with zero attached hydrogens (tertiary/aromatic N) is 1. The van der Waals surface area contributed by atoms with Gasteiger partial charge in [0.05, 0.1) is 12.5 Å². The van der Waals surface area contributed by atoms with Crippen LogP contribution < -0.4 is 11.1 Å². The number of nitrogen functional groups attached to an aromatic ring is 1. The number of nitrogens with one attached hydrogen (secondary N) is 1. The number of hydrogen-bond acceptors (Lipinski definition) is 4. The zero-order valence-electron chi connectivity index (χ0n) is 10.5. The number of anilines is 2. The minimum Gasteiger partial charge on any atom is -0.398 e. The van der Waals surface area contributed by atoms with Gasteiger partial charge in [-0.15, -0.1) is 0 Å². The molecule has 1 aromatic carbocycles. The molecule has 1 saturated heterocycles. The van der Waals surface area contributed by atoms with Gasteiger partial charge in [0.15, 0.2) is 0 Å². The molecule has 1 unspecified atom stereocenters. The molecule has 1 atom stereocenters. The van der Waals surface area contributed by atoms with E-state index in [9.17, 15) is 0 Å². The molecule has 0 spiro atoms. The van der Waals surface area contributed by atoms with Crippen LogP contribution in [0.4, 0.5) is 11.4 Å². The summed E-state index contributed by atoms with van der Waals surface area (Å²) < 4.78 is 0. The van der Waals surface area contributed by atoms with E-state index in [0.717, 1.165) is 23.0 Å². The van der Waals surface area contributed by atoms with Gasteiger partial charge in [-0.05, 0) is 42.4 Å². The molecule has 0 aliphatic carbocycles. The molecule has 0 saturated carbocycles. The van der Waals surface area contributed by atoms with Crippen LogP contribution >= 0.6 is 11.8 Å². The van der Waals surface area contributed by atoms with Crippen molar-refractivity contribution in [3.63, 3.8) is 0 Å². The Morgan fingerprint density at radius 1 is 1.44 bits per heavy atom. The molecule has 1 aliphatic rings. The van der Waals surface area contributed by atoms with Crippen LogP contribution in [-0.4, -0.2) is 17.5 Å². The summed E-state index contributed by atoms with van der Waals surface area (Å²) in [5, 5.41) is 12.9. The normalized spacial score (nSPS) is 19.2. The molecule has 0 radical (unpaired) electrons. The number of benzene rings is 1. The van der Waals surface area contributed by atoms with Crippen LogP contribution in [0.3, 0.4) is 0 Å². The average Bonchev–Trinajstić information content (AvgIpc) is 2.41. The summed E-state index contributed by atoms with van der Waals surface area (Å²) >= 11 is 2.06. The Morgan fingerprint density at radius 2 is 2.33 bits per heavy atom. The number of nitrogens with two attached hydrogens (primary N) is 1. The highest BCUT2D eigenvalue weighted by molar-refractivity contribution is 7.99. The highest BCUT2D eigenvalue weighted by Gasteiger charge is 2.13. The molecule has 96 valence electrons. The molecule has 1 aliphatic heterocycles. The predicted octanol–water partition coefficient (Wildman–Crippen LogP) is 3.03. The van der Waals surface area contributed by atoms with Crippen molar-refractivity contribution in [2.75, 3.05) is 23.3 Å². The Hall–Kier alpha value is -1.34. The molecule has 4 heteroatoms. The molecular weight excluding hydrogens is 242 g/mol. The second kappa shape index (κ2) is 6.55. The van der Waals surface area contributed by atoms with Gasteiger partial charge >= 0.3 is 0 Å². The van der Waals surface area contributed by atoms with E-state index in [1.165, 1.54) is 25.0 Å². The Morgan fingerprint density at radius 3 is 3.06 bits per heavy atom. The molecule has 3 N–H and O–H groups in total. The minimum atomic E-state index is 0.375. The molecule has 0 bridgehead atoms. The first-order valence-corrected chi connectivity index (χ1v) is 7.45. The first-order valence-electron chi connectivity index (χ1n) is 6.40. The number of thioether (sulfide) groups is 1. The van der Waals surface area contributed by atoms with E-state index in [0.29, 0.717) is 12.1 Å². The van der Waals surface area contributed by atoms with Gasteiger partial charge in [0.1, 0.15) is 0 Å². The second-order valence-electron chi connectivity index (χ2n) is 4.62. The van der Waals surface area contributed by atoms with E-state index in [2.05, 4.69) is 23.1 Å². The zero-order valence-corrected chi connectivity index (χ0v) is 11.3. The van der Waals surface area contributed by atoms with E-state index in [4.69, 9.17) is 11.0 Å². The van der Waals surface area contributed by atoms with Gasteiger partial charge in [-0.25, -0.2) is 0 Å². The Labute approximate surface area is 113 Å². The molecule has 3 nitrogen and oxygen atoms in total. The molecule has 0 amide bonds.